The number of ether oxygens (including phenoxy) is 2. The molecule has 0 saturated carbocycles. The number of nitrogens with zero attached hydrogens (tertiary/aromatic N) is 5. The van der Waals surface area contributed by atoms with Gasteiger partial charge in [0, 0.05) is 36.7 Å². The zero-order chi connectivity index (χ0) is 28.1. The number of rotatable bonds is 8. The summed E-state index contributed by atoms with van der Waals surface area (Å²) >= 11 is 6.46. The van der Waals surface area contributed by atoms with Crippen molar-refractivity contribution in [3.63, 3.8) is 0 Å². The summed E-state index contributed by atoms with van der Waals surface area (Å²) in [7, 11) is 0. The second-order valence-electron chi connectivity index (χ2n) is 10.4. The Morgan fingerprint density at radius 3 is 2.55 bits per heavy atom. The summed E-state index contributed by atoms with van der Waals surface area (Å²) in [6, 6.07) is 14.2. The van der Waals surface area contributed by atoms with Gasteiger partial charge >= 0.3 is 6.03 Å². The molecule has 2 aromatic heterocycles. The lowest BCUT2D eigenvalue weighted by molar-refractivity contribution is 0.0322. The van der Waals surface area contributed by atoms with E-state index < -0.39 is 6.03 Å². The van der Waals surface area contributed by atoms with Crippen molar-refractivity contribution in [1.82, 2.24) is 25.1 Å². The van der Waals surface area contributed by atoms with Crippen LogP contribution >= 0.6 is 11.6 Å². The van der Waals surface area contributed by atoms with Gasteiger partial charge in [0.1, 0.15) is 23.8 Å². The van der Waals surface area contributed by atoms with Crippen molar-refractivity contribution in [3.8, 4) is 22.7 Å². The van der Waals surface area contributed by atoms with Crippen molar-refractivity contribution in [2.24, 2.45) is 0 Å². The minimum absolute atomic E-state index is 0.217. The summed E-state index contributed by atoms with van der Waals surface area (Å²) in [5, 5.41) is 18.2. The first kappa shape index (κ1) is 27.6. The highest BCUT2D eigenvalue weighted by atomic mass is 35.5. The Balaban J connectivity index is 1.16. The Labute approximate surface area is 237 Å². The highest BCUT2D eigenvalue weighted by Crippen LogP contribution is 2.27. The number of halogens is 1. The van der Waals surface area contributed by atoms with Crippen LogP contribution in [0.5, 0.6) is 5.75 Å². The van der Waals surface area contributed by atoms with E-state index in [1.54, 1.807) is 28.9 Å². The molecule has 12 heteroatoms. The maximum atomic E-state index is 12.5. The van der Waals surface area contributed by atoms with Gasteiger partial charge in [-0.1, -0.05) is 42.7 Å². The molecule has 2 N–H and O–H groups in total. The van der Waals surface area contributed by atoms with Gasteiger partial charge in [-0.15, -0.1) is 5.10 Å². The molecule has 2 amide bonds. The molecule has 0 bridgehead atoms. The van der Waals surface area contributed by atoms with Crippen LogP contribution in [0.15, 0.2) is 59.3 Å². The molecule has 1 aliphatic heterocycles. The molecule has 1 saturated heterocycles. The molecule has 4 aromatic rings. The Kier molecular flexibility index (Phi) is 8.34. The lowest BCUT2D eigenvalue weighted by Gasteiger charge is -2.26. The monoisotopic (exact) mass is 565 g/mol. The molecule has 11 nitrogen and oxygen atoms in total. The van der Waals surface area contributed by atoms with Gasteiger partial charge in [0.05, 0.1) is 35.8 Å². The van der Waals surface area contributed by atoms with Crippen LogP contribution in [0.4, 0.5) is 16.3 Å². The third kappa shape index (κ3) is 6.98. The predicted molar refractivity (Wildman–Crippen MR) is 152 cm³/mol. The van der Waals surface area contributed by atoms with Crippen LogP contribution < -0.4 is 15.4 Å². The Morgan fingerprint density at radius 2 is 1.85 bits per heavy atom. The third-order valence-corrected chi connectivity index (χ3v) is 6.69. The van der Waals surface area contributed by atoms with E-state index in [2.05, 4.69) is 31.0 Å². The molecule has 210 valence electrons. The fourth-order valence-electron chi connectivity index (χ4n) is 4.07. The lowest BCUT2D eigenvalue weighted by Crippen LogP contribution is -2.38. The Morgan fingerprint density at radius 1 is 1.07 bits per heavy atom. The molecule has 1 fully saturated rings. The zero-order valence-corrected chi connectivity index (χ0v) is 23.4. The molecule has 0 atom stereocenters. The minimum atomic E-state index is -0.486. The number of aromatic nitrogens is 4. The molecule has 40 heavy (non-hydrogen) atoms. The zero-order valence-electron chi connectivity index (χ0n) is 22.7. The van der Waals surface area contributed by atoms with E-state index in [4.69, 9.17) is 25.6 Å². The van der Waals surface area contributed by atoms with Crippen LogP contribution in [-0.2, 0) is 10.2 Å². The number of benzene rings is 2. The van der Waals surface area contributed by atoms with Gasteiger partial charge < -0.3 is 19.3 Å². The number of anilines is 2. The van der Waals surface area contributed by atoms with Crippen molar-refractivity contribution in [1.29, 1.82) is 0 Å². The average molecular weight is 566 g/mol. The number of hydrogen-bond donors (Lipinski definition) is 2. The highest BCUT2D eigenvalue weighted by Gasteiger charge is 2.20. The molecule has 1 aliphatic rings. The number of morpholine rings is 1. The van der Waals surface area contributed by atoms with E-state index in [0.29, 0.717) is 40.3 Å². The molecule has 2 aromatic carbocycles. The largest absolute Gasteiger partial charge is 0.492 e. The fourth-order valence-corrected chi connectivity index (χ4v) is 4.29. The number of carbonyl (C=O) groups excluding carboxylic acids is 1. The quantitative estimate of drug-likeness (QED) is 0.298. The topological polar surface area (TPSA) is 120 Å². The van der Waals surface area contributed by atoms with Gasteiger partial charge in [-0.25, -0.2) is 9.48 Å². The van der Waals surface area contributed by atoms with Crippen molar-refractivity contribution in [3.05, 3.63) is 65.5 Å². The Hall–Kier alpha value is -3.93. The van der Waals surface area contributed by atoms with Crippen LogP contribution in [0.3, 0.4) is 0 Å². The Bertz CT molecular complexity index is 1440. The second-order valence-corrected chi connectivity index (χ2v) is 10.9. The number of urea groups is 1. The van der Waals surface area contributed by atoms with Crippen LogP contribution in [0.2, 0.25) is 5.02 Å². The molecule has 3 heterocycles. The van der Waals surface area contributed by atoms with Crippen molar-refractivity contribution in [2.75, 3.05) is 50.1 Å². The third-order valence-electron chi connectivity index (χ3n) is 6.38. The molecule has 5 rings (SSSR count). The molecular weight excluding hydrogens is 534 g/mol. The van der Waals surface area contributed by atoms with E-state index in [0.717, 1.165) is 44.2 Å². The van der Waals surface area contributed by atoms with Crippen LogP contribution in [0, 0.1) is 0 Å². The first-order chi connectivity index (χ1) is 19.2. The molecule has 0 radical (unpaired) electrons. The van der Waals surface area contributed by atoms with E-state index in [1.807, 2.05) is 51.2 Å². The standard InChI is InChI=1S/C28H32ClN7O4/c1-28(2,3)25-17-26(33-40-25)31-27(37)30-23-9-6-20(16-22(23)29)36-18-24(32-34-36)19-4-7-21(8-5-19)39-15-12-35-10-13-38-14-11-35/h4-9,16-18H,10-15H2,1-3H3,(H2,30,31,33,37). The summed E-state index contributed by atoms with van der Waals surface area (Å²) < 4.78 is 18.2. The van der Waals surface area contributed by atoms with Gasteiger partial charge in [0.2, 0.25) is 0 Å². The molecule has 0 aliphatic carbocycles. The fraction of sp³-hybridized carbons (Fsp3) is 0.357. The van der Waals surface area contributed by atoms with Gasteiger partial charge in [-0.3, -0.25) is 10.2 Å². The molecular formula is C28H32ClN7O4. The predicted octanol–water partition coefficient (Wildman–Crippen LogP) is 5.23. The van der Waals surface area contributed by atoms with Crippen molar-refractivity contribution >= 4 is 29.1 Å². The maximum absolute atomic E-state index is 12.5. The van der Waals surface area contributed by atoms with E-state index in [1.165, 1.54) is 0 Å². The first-order valence-corrected chi connectivity index (χ1v) is 13.4. The normalized spacial score (nSPS) is 14.2. The van der Waals surface area contributed by atoms with Crippen LogP contribution in [0.1, 0.15) is 26.5 Å². The van der Waals surface area contributed by atoms with E-state index in [9.17, 15) is 4.79 Å². The summed E-state index contributed by atoms with van der Waals surface area (Å²) in [5.41, 5.74) is 2.54. The van der Waals surface area contributed by atoms with Gasteiger partial charge in [0.25, 0.3) is 0 Å². The average Bonchev–Trinajstić information content (AvgIpc) is 3.61. The van der Waals surface area contributed by atoms with Crippen LogP contribution in [0.25, 0.3) is 16.9 Å². The summed E-state index contributed by atoms with van der Waals surface area (Å²) in [5.74, 6) is 1.79. The maximum Gasteiger partial charge on any atom is 0.324 e. The SMILES string of the molecule is CC(C)(C)c1cc(NC(=O)Nc2ccc(-n3cc(-c4ccc(OCCN5CCOCC5)cc4)nn3)cc2Cl)no1. The van der Waals surface area contributed by atoms with E-state index >= 15 is 0 Å². The first-order valence-electron chi connectivity index (χ1n) is 13.1. The molecule has 0 spiro atoms. The smallest absolute Gasteiger partial charge is 0.324 e. The number of hydrogen-bond acceptors (Lipinski definition) is 8. The second kappa shape index (κ2) is 12.1. The molecule has 0 unspecified atom stereocenters. The summed E-state index contributed by atoms with van der Waals surface area (Å²) in [6.45, 7) is 10.9. The van der Waals surface area contributed by atoms with Gasteiger partial charge in [0.15, 0.2) is 5.82 Å². The van der Waals surface area contributed by atoms with Crippen LogP contribution in [-0.4, -0.2) is 70.5 Å². The van der Waals surface area contributed by atoms with Crippen molar-refractivity contribution < 1.29 is 18.8 Å². The number of carbonyl (C=O) groups is 1. The minimum Gasteiger partial charge on any atom is -0.492 e. The highest BCUT2D eigenvalue weighted by molar-refractivity contribution is 6.34. The van der Waals surface area contributed by atoms with Gasteiger partial charge in [-0.2, -0.15) is 0 Å². The van der Waals surface area contributed by atoms with E-state index in [-0.39, 0.29) is 5.41 Å². The summed E-state index contributed by atoms with van der Waals surface area (Å²) in [6.07, 6.45) is 1.82. The van der Waals surface area contributed by atoms with Crippen molar-refractivity contribution in [2.45, 2.75) is 26.2 Å². The van der Waals surface area contributed by atoms with Gasteiger partial charge in [-0.05, 0) is 42.5 Å². The lowest BCUT2D eigenvalue weighted by atomic mass is 9.93. The summed E-state index contributed by atoms with van der Waals surface area (Å²) in [4.78, 5) is 14.8. The number of amides is 2. The number of nitrogens with one attached hydrogen (secondary N) is 2.